The number of aryl methyl sites for hydroxylation is 1. The van der Waals surface area contributed by atoms with Gasteiger partial charge < -0.3 is 0 Å². The maximum atomic E-state index is 12.1. The maximum absolute atomic E-state index is 12.1. The highest BCUT2D eigenvalue weighted by atomic mass is 32.1. The molecule has 1 aromatic rings. The lowest BCUT2D eigenvalue weighted by atomic mass is 10.2. The number of rotatable bonds is 4. The Labute approximate surface area is 89.9 Å². The van der Waals surface area contributed by atoms with E-state index in [4.69, 9.17) is 0 Å². The largest absolute Gasteiger partial charge is 0.455 e. The molecule has 0 amide bonds. The maximum Gasteiger partial charge on any atom is 0.455 e. The highest BCUT2D eigenvalue weighted by molar-refractivity contribution is 7.14. The Bertz CT molecular complexity index is 341. The van der Waals surface area contributed by atoms with E-state index in [0.717, 1.165) is 35.5 Å². The van der Waals surface area contributed by atoms with Crippen LogP contribution >= 0.6 is 11.3 Å². The molecule has 1 aromatic heterocycles. The lowest BCUT2D eigenvalue weighted by Gasteiger charge is -2.01. The van der Waals surface area contributed by atoms with Gasteiger partial charge in [0, 0.05) is 4.88 Å². The van der Waals surface area contributed by atoms with Crippen LogP contribution in [0, 0.1) is 0 Å². The minimum atomic E-state index is -4.76. The molecule has 0 aliphatic rings. The highest BCUT2D eigenvalue weighted by Crippen LogP contribution is 2.27. The number of ketones is 1. The molecular formula is C10H11F3OS. The van der Waals surface area contributed by atoms with Crippen molar-refractivity contribution in [1.29, 1.82) is 0 Å². The van der Waals surface area contributed by atoms with E-state index < -0.39 is 12.0 Å². The zero-order chi connectivity index (χ0) is 11.5. The monoisotopic (exact) mass is 236 g/mol. The van der Waals surface area contributed by atoms with Crippen molar-refractivity contribution in [1.82, 2.24) is 0 Å². The summed E-state index contributed by atoms with van der Waals surface area (Å²) in [5.74, 6) is -1.74. The smallest absolute Gasteiger partial charge is 0.283 e. The Morgan fingerprint density at radius 2 is 2.07 bits per heavy atom. The molecule has 0 unspecified atom stereocenters. The van der Waals surface area contributed by atoms with Gasteiger partial charge in [0.1, 0.15) is 0 Å². The van der Waals surface area contributed by atoms with Crippen LogP contribution < -0.4 is 0 Å². The Morgan fingerprint density at radius 3 is 2.60 bits per heavy atom. The second-order valence-electron chi connectivity index (χ2n) is 3.20. The van der Waals surface area contributed by atoms with Crippen molar-refractivity contribution >= 4 is 17.1 Å². The molecule has 0 saturated carbocycles. The molecule has 0 fully saturated rings. The summed E-state index contributed by atoms with van der Waals surface area (Å²) in [7, 11) is 0. The van der Waals surface area contributed by atoms with Gasteiger partial charge in [0.25, 0.3) is 5.78 Å². The number of thiophene rings is 1. The summed E-state index contributed by atoms with van der Waals surface area (Å²) in [6.45, 7) is 2.01. The van der Waals surface area contributed by atoms with Crippen molar-refractivity contribution in [2.45, 2.75) is 32.4 Å². The third kappa shape index (κ3) is 3.34. The van der Waals surface area contributed by atoms with E-state index in [-0.39, 0.29) is 4.88 Å². The van der Waals surface area contributed by atoms with Crippen LogP contribution in [0.4, 0.5) is 13.2 Å². The quantitative estimate of drug-likeness (QED) is 0.726. The van der Waals surface area contributed by atoms with Gasteiger partial charge in [0.15, 0.2) is 0 Å². The summed E-state index contributed by atoms with van der Waals surface area (Å²) in [5.41, 5.74) is 0. The lowest BCUT2D eigenvalue weighted by Crippen LogP contribution is -2.21. The van der Waals surface area contributed by atoms with Crippen molar-refractivity contribution in [2.75, 3.05) is 0 Å². The van der Waals surface area contributed by atoms with Gasteiger partial charge in [0.2, 0.25) is 0 Å². The fourth-order valence-electron chi connectivity index (χ4n) is 1.13. The van der Waals surface area contributed by atoms with E-state index >= 15 is 0 Å². The molecule has 1 nitrogen and oxygen atoms in total. The van der Waals surface area contributed by atoms with Crippen LogP contribution in [-0.4, -0.2) is 12.0 Å². The van der Waals surface area contributed by atoms with Gasteiger partial charge in [-0.05, 0) is 25.0 Å². The van der Waals surface area contributed by atoms with Crippen molar-refractivity contribution < 1.29 is 18.0 Å². The van der Waals surface area contributed by atoms with Gasteiger partial charge in [-0.2, -0.15) is 13.2 Å². The summed E-state index contributed by atoms with van der Waals surface area (Å²) in [5, 5.41) is 0. The Kier molecular flexibility index (Phi) is 3.90. The molecule has 1 heterocycles. The molecule has 0 atom stereocenters. The van der Waals surface area contributed by atoms with E-state index in [9.17, 15) is 18.0 Å². The molecule has 0 bridgehead atoms. The van der Waals surface area contributed by atoms with Crippen molar-refractivity contribution in [3.05, 3.63) is 21.9 Å². The van der Waals surface area contributed by atoms with Crippen LogP contribution in [0.3, 0.4) is 0 Å². The zero-order valence-electron chi connectivity index (χ0n) is 8.23. The Hall–Kier alpha value is -0.840. The first kappa shape index (κ1) is 12.2. The summed E-state index contributed by atoms with van der Waals surface area (Å²) < 4.78 is 36.2. The summed E-state index contributed by atoms with van der Waals surface area (Å²) in [4.78, 5) is 11.5. The van der Waals surface area contributed by atoms with Crippen LogP contribution in [0.2, 0.25) is 0 Å². The predicted molar refractivity (Wildman–Crippen MR) is 53.3 cm³/mol. The van der Waals surface area contributed by atoms with E-state index in [1.165, 1.54) is 6.07 Å². The van der Waals surface area contributed by atoms with E-state index in [1.807, 2.05) is 6.92 Å². The number of halogens is 3. The Balaban J connectivity index is 2.72. The van der Waals surface area contributed by atoms with Crippen LogP contribution in [-0.2, 0) is 6.42 Å². The summed E-state index contributed by atoms with van der Waals surface area (Å²) in [6.07, 6.45) is -2.10. The average Bonchev–Trinajstić information content (AvgIpc) is 2.60. The normalized spacial score (nSPS) is 11.7. The number of hydrogen-bond donors (Lipinski definition) is 0. The molecular weight excluding hydrogens is 225 g/mol. The third-order valence-electron chi connectivity index (χ3n) is 1.92. The van der Waals surface area contributed by atoms with Crippen LogP contribution in [0.25, 0.3) is 0 Å². The minimum Gasteiger partial charge on any atom is -0.283 e. The number of unbranched alkanes of at least 4 members (excludes halogenated alkanes) is 1. The number of alkyl halides is 3. The van der Waals surface area contributed by atoms with Gasteiger partial charge in [-0.1, -0.05) is 13.3 Å². The van der Waals surface area contributed by atoms with Crippen LogP contribution in [0.15, 0.2) is 12.1 Å². The van der Waals surface area contributed by atoms with Gasteiger partial charge in [0.05, 0.1) is 4.88 Å². The first-order chi connectivity index (χ1) is 6.95. The standard InChI is InChI=1S/C10H11F3OS/c1-2-3-4-7-5-6-8(15-7)9(14)10(11,12)13/h5-6H,2-4H2,1H3. The third-order valence-corrected chi connectivity index (χ3v) is 3.06. The second kappa shape index (κ2) is 4.79. The molecule has 0 spiro atoms. The molecule has 0 N–H and O–H groups in total. The first-order valence-corrected chi connectivity index (χ1v) is 5.47. The molecule has 0 saturated heterocycles. The minimum absolute atomic E-state index is 0.214. The van der Waals surface area contributed by atoms with Gasteiger partial charge in [-0.15, -0.1) is 11.3 Å². The van der Waals surface area contributed by atoms with Gasteiger partial charge >= 0.3 is 6.18 Å². The molecule has 1 rings (SSSR count). The topological polar surface area (TPSA) is 17.1 Å². The van der Waals surface area contributed by atoms with Crippen molar-refractivity contribution in [3.63, 3.8) is 0 Å². The molecule has 0 aliphatic carbocycles. The summed E-state index contributed by atoms with van der Waals surface area (Å²) in [6, 6.07) is 2.85. The van der Waals surface area contributed by atoms with Crippen LogP contribution in [0.5, 0.6) is 0 Å². The van der Waals surface area contributed by atoms with Gasteiger partial charge in [-0.25, -0.2) is 0 Å². The molecule has 5 heteroatoms. The lowest BCUT2D eigenvalue weighted by molar-refractivity contribution is -0.0882. The van der Waals surface area contributed by atoms with Crippen molar-refractivity contribution in [2.24, 2.45) is 0 Å². The first-order valence-electron chi connectivity index (χ1n) is 4.65. The van der Waals surface area contributed by atoms with Gasteiger partial charge in [-0.3, -0.25) is 4.79 Å². The Morgan fingerprint density at radius 1 is 1.40 bits per heavy atom. The van der Waals surface area contributed by atoms with Crippen molar-refractivity contribution in [3.8, 4) is 0 Å². The number of hydrogen-bond acceptors (Lipinski definition) is 2. The highest BCUT2D eigenvalue weighted by Gasteiger charge is 2.40. The second-order valence-corrected chi connectivity index (χ2v) is 4.36. The fraction of sp³-hybridized carbons (Fsp3) is 0.500. The van der Waals surface area contributed by atoms with E-state index in [2.05, 4.69) is 0 Å². The number of carbonyl (C=O) groups is 1. The predicted octanol–water partition coefficient (Wildman–Crippen LogP) is 3.84. The van der Waals surface area contributed by atoms with E-state index in [0.29, 0.717) is 0 Å². The molecule has 15 heavy (non-hydrogen) atoms. The number of carbonyl (C=O) groups excluding carboxylic acids is 1. The molecule has 0 aliphatic heterocycles. The fourth-order valence-corrected chi connectivity index (χ4v) is 2.13. The summed E-state index contributed by atoms with van der Waals surface area (Å²) >= 11 is 0.938. The average molecular weight is 236 g/mol. The van der Waals surface area contributed by atoms with E-state index in [1.54, 1.807) is 6.07 Å². The molecule has 0 aromatic carbocycles. The number of Topliss-reactive ketones (excluding diaryl/α,β-unsaturated/α-hetero) is 1. The zero-order valence-corrected chi connectivity index (χ0v) is 9.04. The van der Waals surface area contributed by atoms with Crippen LogP contribution in [0.1, 0.15) is 34.3 Å². The molecule has 84 valence electrons. The SMILES string of the molecule is CCCCc1ccc(C(=O)C(F)(F)F)s1. The molecule has 0 radical (unpaired) electrons.